The Balaban J connectivity index is 3.08. The number of carboxylic acid groups (broad SMARTS) is 1. The Bertz CT molecular complexity index is 431. The number of aliphatic carboxylic acids is 1. The highest BCUT2D eigenvalue weighted by Crippen LogP contribution is 2.36. The van der Waals surface area contributed by atoms with Crippen LogP contribution in [-0.4, -0.2) is 16.2 Å². The fourth-order valence-corrected chi connectivity index (χ4v) is 1.48. The van der Waals surface area contributed by atoms with Gasteiger partial charge in [0.05, 0.1) is 23.1 Å². The Labute approximate surface area is 99.4 Å². The number of carboxylic acids is 1. The molecule has 0 spiro atoms. The fraction of sp³-hybridized carbons (Fsp3) is 0.300. The van der Waals surface area contributed by atoms with Crippen LogP contribution in [0.5, 0.6) is 0 Å². The van der Waals surface area contributed by atoms with Gasteiger partial charge in [-0.2, -0.15) is 13.2 Å². The molecule has 0 aliphatic carbocycles. The molecule has 0 saturated carbocycles. The van der Waals surface area contributed by atoms with E-state index in [1.54, 1.807) is 0 Å². The zero-order chi connectivity index (χ0) is 13.2. The van der Waals surface area contributed by atoms with Crippen LogP contribution < -0.4 is 0 Å². The van der Waals surface area contributed by atoms with E-state index in [1.807, 2.05) is 0 Å². The molecule has 1 unspecified atom stereocenters. The number of hydrogen-bond donors (Lipinski definition) is 2. The molecule has 0 radical (unpaired) electrons. The van der Waals surface area contributed by atoms with Crippen LogP contribution in [0, 0.1) is 0 Å². The molecule has 7 heteroatoms. The van der Waals surface area contributed by atoms with Crippen LogP contribution in [0.2, 0.25) is 5.02 Å². The van der Waals surface area contributed by atoms with E-state index in [2.05, 4.69) is 0 Å². The molecule has 0 bridgehead atoms. The third-order valence-corrected chi connectivity index (χ3v) is 2.38. The summed E-state index contributed by atoms with van der Waals surface area (Å²) in [6.45, 7) is 0. The summed E-state index contributed by atoms with van der Waals surface area (Å²) in [6.07, 6.45) is -6.81. The SMILES string of the molecule is O=C(O)CC(O)c1ccc(Cl)c(C(F)(F)F)c1. The molecule has 17 heavy (non-hydrogen) atoms. The van der Waals surface area contributed by atoms with Crippen LogP contribution >= 0.6 is 11.6 Å². The third-order valence-electron chi connectivity index (χ3n) is 2.05. The number of alkyl halides is 3. The van der Waals surface area contributed by atoms with Gasteiger partial charge in [0.1, 0.15) is 0 Å². The van der Waals surface area contributed by atoms with Crippen molar-refractivity contribution in [2.45, 2.75) is 18.7 Å². The number of carbonyl (C=O) groups is 1. The Hall–Kier alpha value is -1.27. The first-order chi connectivity index (χ1) is 7.71. The van der Waals surface area contributed by atoms with E-state index in [-0.39, 0.29) is 5.56 Å². The summed E-state index contributed by atoms with van der Waals surface area (Å²) in [5, 5.41) is 17.3. The summed E-state index contributed by atoms with van der Waals surface area (Å²) in [4.78, 5) is 10.3. The summed E-state index contributed by atoms with van der Waals surface area (Å²) < 4.78 is 37.4. The number of benzene rings is 1. The van der Waals surface area contributed by atoms with Crippen molar-refractivity contribution in [1.82, 2.24) is 0 Å². The molecular weight excluding hydrogens is 261 g/mol. The first-order valence-corrected chi connectivity index (χ1v) is 4.86. The number of hydrogen-bond acceptors (Lipinski definition) is 2. The molecule has 1 rings (SSSR count). The topological polar surface area (TPSA) is 57.5 Å². The van der Waals surface area contributed by atoms with Gasteiger partial charge in [0.2, 0.25) is 0 Å². The maximum atomic E-state index is 12.5. The van der Waals surface area contributed by atoms with Gasteiger partial charge in [-0.05, 0) is 17.7 Å². The third kappa shape index (κ3) is 3.61. The zero-order valence-corrected chi connectivity index (χ0v) is 9.09. The highest BCUT2D eigenvalue weighted by Gasteiger charge is 2.33. The van der Waals surface area contributed by atoms with Gasteiger partial charge in [-0.25, -0.2) is 0 Å². The predicted molar refractivity (Wildman–Crippen MR) is 53.7 cm³/mol. The second-order valence-electron chi connectivity index (χ2n) is 3.35. The molecular formula is C10H8ClF3O3. The van der Waals surface area contributed by atoms with Gasteiger partial charge in [0.25, 0.3) is 0 Å². The summed E-state index contributed by atoms with van der Waals surface area (Å²) in [5.41, 5.74) is -1.23. The van der Waals surface area contributed by atoms with E-state index in [9.17, 15) is 23.1 Å². The first kappa shape index (κ1) is 13.8. The van der Waals surface area contributed by atoms with Crippen molar-refractivity contribution in [2.24, 2.45) is 0 Å². The first-order valence-electron chi connectivity index (χ1n) is 4.48. The molecule has 94 valence electrons. The maximum Gasteiger partial charge on any atom is 0.417 e. The number of aliphatic hydroxyl groups is 1. The van der Waals surface area contributed by atoms with E-state index < -0.39 is 35.3 Å². The lowest BCUT2D eigenvalue weighted by Gasteiger charge is -2.13. The normalized spacial score (nSPS) is 13.5. The molecule has 1 aromatic rings. The predicted octanol–water partition coefficient (Wildman–Crippen LogP) is 2.87. The van der Waals surface area contributed by atoms with Gasteiger partial charge in [-0.3, -0.25) is 4.79 Å². The van der Waals surface area contributed by atoms with Gasteiger partial charge >= 0.3 is 12.1 Å². The molecule has 1 aromatic carbocycles. The molecule has 3 nitrogen and oxygen atoms in total. The lowest BCUT2D eigenvalue weighted by Crippen LogP contribution is -2.10. The van der Waals surface area contributed by atoms with E-state index in [0.29, 0.717) is 6.07 Å². The van der Waals surface area contributed by atoms with Crippen molar-refractivity contribution in [1.29, 1.82) is 0 Å². The van der Waals surface area contributed by atoms with Crippen molar-refractivity contribution < 1.29 is 28.2 Å². The van der Waals surface area contributed by atoms with Crippen molar-refractivity contribution in [3.8, 4) is 0 Å². The zero-order valence-electron chi connectivity index (χ0n) is 8.33. The minimum absolute atomic E-state index is 0.135. The van der Waals surface area contributed by atoms with Gasteiger partial charge in [-0.15, -0.1) is 0 Å². The van der Waals surface area contributed by atoms with E-state index >= 15 is 0 Å². The smallest absolute Gasteiger partial charge is 0.417 e. The number of halogens is 4. The van der Waals surface area contributed by atoms with E-state index in [1.165, 1.54) is 0 Å². The second kappa shape index (κ2) is 4.93. The van der Waals surface area contributed by atoms with E-state index in [0.717, 1.165) is 12.1 Å². The number of aliphatic hydroxyl groups excluding tert-OH is 1. The number of rotatable bonds is 3. The molecule has 0 amide bonds. The monoisotopic (exact) mass is 268 g/mol. The van der Waals surface area contributed by atoms with Crippen LogP contribution in [-0.2, 0) is 11.0 Å². The van der Waals surface area contributed by atoms with Crippen molar-refractivity contribution in [3.05, 3.63) is 34.3 Å². The van der Waals surface area contributed by atoms with Crippen LogP contribution in [0.25, 0.3) is 0 Å². The van der Waals surface area contributed by atoms with Crippen LogP contribution in [0.15, 0.2) is 18.2 Å². The van der Waals surface area contributed by atoms with Gasteiger partial charge in [-0.1, -0.05) is 17.7 Å². The summed E-state index contributed by atoms with van der Waals surface area (Å²) in [7, 11) is 0. The lowest BCUT2D eigenvalue weighted by atomic mass is 10.0. The van der Waals surface area contributed by atoms with Crippen molar-refractivity contribution >= 4 is 17.6 Å². The summed E-state index contributed by atoms with van der Waals surface area (Å²) in [6, 6.07) is 2.78. The summed E-state index contributed by atoms with van der Waals surface area (Å²) >= 11 is 5.37. The van der Waals surface area contributed by atoms with Crippen LogP contribution in [0.3, 0.4) is 0 Å². The molecule has 0 aliphatic rings. The molecule has 0 saturated heterocycles. The Kier molecular flexibility index (Phi) is 4.00. The highest BCUT2D eigenvalue weighted by atomic mass is 35.5. The largest absolute Gasteiger partial charge is 0.481 e. The van der Waals surface area contributed by atoms with E-state index in [4.69, 9.17) is 16.7 Å². The minimum atomic E-state index is -4.64. The lowest BCUT2D eigenvalue weighted by molar-refractivity contribution is -0.139. The standard InChI is InChI=1S/C10H8ClF3O3/c11-7-2-1-5(8(15)4-9(16)17)3-6(7)10(12,13)14/h1-3,8,15H,4H2,(H,16,17). The van der Waals surface area contributed by atoms with Crippen molar-refractivity contribution in [3.63, 3.8) is 0 Å². The molecule has 0 aliphatic heterocycles. The van der Waals surface area contributed by atoms with Crippen molar-refractivity contribution in [2.75, 3.05) is 0 Å². The van der Waals surface area contributed by atoms with Gasteiger partial charge in [0.15, 0.2) is 0 Å². The molecule has 2 N–H and O–H groups in total. The fourth-order valence-electron chi connectivity index (χ4n) is 1.25. The quantitative estimate of drug-likeness (QED) is 0.886. The average Bonchev–Trinajstić information content (AvgIpc) is 2.15. The average molecular weight is 269 g/mol. The molecule has 1 atom stereocenters. The molecule has 0 fully saturated rings. The maximum absolute atomic E-state index is 12.5. The van der Waals surface area contributed by atoms with Crippen LogP contribution in [0.4, 0.5) is 13.2 Å². The Morgan fingerprint density at radius 3 is 2.47 bits per heavy atom. The molecule has 0 heterocycles. The van der Waals surface area contributed by atoms with Gasteiger partial charge in [0, 0.05) is 0 Å². The minimum Gasteiger partial charge on any atom is -0.481 e. The Morgan fingerprint density at radius 1 is 1.41 bits per heavy atom. The second-order valence-corrected chi connectivity index (χ2v) is 3.76. The Morgan fingerprint density at radius 2 is 2.00 bits per heavy atom. The highest BCUT2D eigenvalue weighted by molar-refractivity contribution is 6.31. The van der Waals surface area contributed by atoms with Gasteiger partial charge < -0.3 is 10.2 Å². The van der Waals surface area contributed by atoms with Crippen LogP contribution in [0.1, 0.15) is 23.7 Å². The summed E-state index contributed by atoms with van der Waals surface area (Å²) in [5.74, 6) is -1.30. The molecule has 0 aromatic heterocycles.